The summed E-state index contributed by atoms with van der Waals surface area (Å²) in [4.78, 5) is 1.56. The molecule has 0 bridgehead atoms. The van der Waals surface area contributed by atoms with E-state index in [0.717, 1.165) is 12.8 Å². The molecule has 3 heteroatoms. The molecule has 3 N–H and O–H groups in total. The van der Waals surface area contributed by atoms with Gasteiger partial charge in [0.2, 0.25) is 0 Å². The van der Waals surface area contributed by atoms with Gasteiger partial charge < -0.3 is 0 Å². The first kappa shape index (κ1) is 12.6. The second-order valence-electron chi connectivity index (χ2n) is 4.54. The number of hydrogen-bond donors (Lipinski definition) is 2. The van der Waals surface area contributed by atoms with Crippen molar-refractivity contribution in [1.82, 2.24) is 5.43 Å². The number of hydrogen-bond acceptors (Lipinski definition) is 3. The van der Waals surface area contributed by atoms with Gasteiger partial charge in [-0.05, 0) is 49.6 Å². The summed E-state index contributed by atoms with van der Waals surface area (Å²) in [6, 6.07) is 2.64. The molecular weight excluding hydrogens is 228 g/mol. The summed E-state index contributed by atoms with van der Waals surface area (Å²) in [6.45, 7) is 1.89. The highest BCUT2D eigenvalue weighted by molar-refractivity contribution is 7.10. The molecule has 0 amide bonds. The molecule has 92 valence electrons. The van der Waals surface area contributed by atoms with E-state index < -0.39 is 0 Å². The van der Waals surface area contributed by atoms with E-state index in [1.54, 1.807) is 4.88 Å². The lowest BCUT2D eigenvalue weighted by molar-refractivity contribution is 0.383. The van der Waals surface area contributed by atoms with Crippen LogP contribution in [-0.4, -0.2) is 6.04 Å². The Balaban J connectivity index is 2.07. The zero-order chi connectivity index (χ0) is 12.1. The minimum Gasteiger partial charge on any atom is -0.271 e. The first-order chi connectivity index (χ1) is 8.36. The molecule has 1 aromatic heterocycles. The standard InChI is InChI=1S/C14H20N2S/c1-2-3-4-7-13(16-15)11-6-5-8-14-12(11)9-10-17-14/h9-11,13,16H,4-8,15H2,1H3. The fraction of sp³-hybridized carbons (Fsp3) is 0.571. The van der Waals surface area contributed by atoms with Crippen molar-refractivity contribution in [3.63, 3.8) is 0 Å². The largest absolute Gasteiger partial charge is 0.271 e. The van der Waals surface area contributed by atoms with Crippen LogP contribution in [0.4, 0.5) is 0 Å². The monoisotopic (exact) mass is 248 g/mol. The lowest BCUT2D eigenvalue weighted by Crippen LogP contribution is -2.40. The van der Waals surface area contributed by atoms with E-state index in [1.807, 2.05) is 18.3 Å². The van der Waals surface area contributed by atoms with Gasteiger partial charge in [0.1, 0.15) is 0 Å². The van der Waals surface area contributed by atoms with Gasteiger partial charge >= 0.3 is 0 Å². The van der Waals surface area contributed by atoms with Crippen LogP contribution in [-0.2, 0) is 6.42 Å². The van der Waals surface area contributed by atoms with E-state index in [2.05, 4.69) is 28.7 Å². The van der Waals surface area contributed by atoms with Gasteiger partial charge in [0.05, 0.1) is 0 Å². The highest BCUT2D eigenvalue weighted by Crippen LogP contribution is 2.37. The molecule has 0 radical (unpaired) electrons. The number of fused-ring (bicyclic) bond motifs is 1. The lowest BCUT2D eigenvalue weighted by atomic mass is 9.81. The van der Waals surface area contributed by atoms with Gasteiger partial charge in [-0.15, -0.1) is 23.2 Å². The van der Waals surface area contributed by atoms with E-state index in [1.165, 1.54) is 24.8 Å². The Kier molecular flexibility index (Phi) is 4.61. The predicted octanol–water partition coefficient (Wildman–Crippen LogP) is 2.80. The van der Waals surface area contributed by atoms with Crippen molar-refractivity contribution in [2.75, 3.05) is 0 Å². The second-order valence-corrected chi connectivity index (χ2v) is 5.54. The number of thiophene rings is 1. The minimum absolute atomic E-state index is 0.365. The zero-order valence-electron chi connectivity index (χ0n) is 10.3. The van der Waals surface area contributed by atoms with Crippen molar-refractivity contribution in [1.29, 1.82) is 0 Å². The van der Waals surface area contributed by atoms with E-state index in [0.29, 0.717) is 12.0 Å². The van der Waals surface area contributed by atoms with Crippen LogP contribution in [0.3, 0.4) is 0 Å². The van der Waals surface area contributed by atoms with Crippen LogP contribution < -0.4 is 11.3 Å². The summed E-state index contributed by atoms with van der Waals surface area (Å²) in [5.74, 6) is 12.4. The van der Waals surface area contributed by atoms with Gasteiger partial charge in [0.15, 0.2) is 0 Å². The molecule has 1 aromatic rings. The summed E-state index contributed by atoms with van der Waals surface area (Å²) in [5, 5.41) is 2.21. The summed E-state index contributed by atoms with van der Waals surface area (Å²) in [5.41, 5.74) is 4.52. The van der Waals surface area contributed by atoms with Crippen LogP contribution >= 0.6 is 11.3 Å². The molecule has 0 aliphatic heterocycles. The van der Waals surface area contributed by atoms with Gasteiger partial charge in [0, 0.05) is 23.3 Å². The maximum absolute atomic E-state index is 5.72. The molecule has 0 saturated heterocycles. The Morgan fingerprint density at radius 3 is 3.29 bits per heavy atom. The third-order valence-electron chi connectivity index (χ3n) is 3.56. The van der Waals surface area contributed by atoms with Crippen molar-refractivity contribution in [3.05, 3.63) is 21.9 Å². The Morgan fingerprint density at radius 2 is 2.53 bits per heavy atom. The van der Waals surface area contributed by atoms with Crippen LogP contribution in [0.1, 0.15) is 49.0 Å². The molecule has 1 heterocycles. The number of aryl methyl sites for hydroxylation is 1. The van der Waals surface area contributed by atoms with Crippen LogP contribution in [0.2, 0.25) is 0 Å². The summed E-state index contributed by atoms with van der Waals surface area (Å²) < 4.78 is 0. The molecule has 2 atom stereocenters. The molecule has 0 spiro atoms. The van der Waals surface area contributed by atoms with Gasteiger partial charge in [-0.25, -0.2) is 0 Å². The van der Waals surface area contributed by atoms with Gasteiger partial charge in [-0.2, -0.15) is 0 Å². The maximum atomic E-state index is 5.72. The average Bonchev–Trinajstić information content (AvgIpc) is 2.83. The smallest absolute Gasteiger partial charge is 0.0288 e. The van der Waals surface area contributed by atoms with Crippen LogP contribution in [0.15, 0.2) is 11.4 Å². The lowest BCUT2D eigenvalue weighted by Gasteiger charge is -2.30. The van der Waals surface area contributed by atoms with E-state index in [4.69, 9.17) is 5.84 Å². The molecule has 2 rings (SSSR count). The quantitative estimate of drug-likeness (QED) is 0.488. The molecule has 1 aliphatic carbocycles. The molecule has 1 aliphatic rings. The van der Waals surface area contributed by atoms with Gasteiger partial charge in [-0.1, -0.05) is 0 Å². The van der Waals surface area contributed by atoms with Gasteiger partial charge in [-0.3, -0.25) is 11.3 Å². The number of nitrogens with two attached hydrogens (primary N) is 1. The fourth-order valence-corrected chi connectivity index (χ4v) is 3.69. The third kappa shape index (κ3) is 2.90. The summed E-state index contributed by atoms with van der Waals surface area (Å²) in [7, 11) is 0. The minimum atomic E-state index is 0.365. The Bertz CT molecular complexity index is 413. The Morgan fingerprint density at radius 1 is 1.65 bits per heavy atom. The summed E-state index contributed by atoms with van der Waals surface area (Å²) in [6.07, 6.45) is 5.75. The first-order valence-electron chi connectivity index (χ1n) is 6.28. The molecule has 0 aromatic carbocycles. The molecule has 2 nitrogen and oxygen atoms in total. The van der Waals surface area contributed by atoms with E-state index in [9.17, 15) is 0 Å². The Hall–Kier alpha value is -0.820. The third-order valence-corrected chi connectivity index (χ3v) is 4.55. The molecular formula is C14H20N2S. The topological polar surface area (TPSA) is 38.0 Å². The van der Waals surface area contributed by atoms with Crippen LogP contribution in [0, 0.1) is 11.8 Å². The number of nitrogens with one attached hydrogen (secondary N) is 1. The zero-order valence-corrected chi connectivity index (χ0v) is 11.1. The van der Waals surface area contributed by atoms with E-state index in [-0.39, 0.29) is 0 Å². The predicted molar refractivity (Wildman–Crippen MR) is 73.8 cm³/mol. The van der Waals surface area contributed by atoms with E-state index >= 15 is 0 Å². The van der Waals surface area contributed by atoms with Crippen LogP contribution in [0.25, 0.3) is 0 Å². The van der Waals surface area contributed by atoms with Crippen molar-refractivity contribution in [3.8, 4) is 11.8 Å². The summed E-state index contributed by atoms with van der Waals surface area (Å²) >= 11 is 1.89. The first-order valence-corrected chi connectivity index (χ1v) is 7.16. The van der Waals surface area contributed by atoms with Gasteiger partial charge in [0.25, 0.3) is 0 Å². The van der Waals surface area contributed by atoms with Crippen molar-refractivity contribution >= 4 is 11.3 Å². The van der Waals surface area contributed by atoms with Crippen LogP contribution in [0.5, 0.6) is 0 Å². The van der Waals surface area contributed by atoms with Crippen molar-refractivity contribution < 1.29 is 0 Å². The second kappa shape index (κ2) is 6.20. The maximum Gasteiger partial charge on any atom is 0.0288 e. The average molecular weight is 248 g/mol. The van der Waals surface area contributed by atoms with Crippen molar-refractivity contribution in [2.24, 2.45) is 5.84 Å². The molecule has 17 heavy (non-hydrogen) atoms. The highest BCUT2D eigenvalue weighted by atomic mass is 32.1. The fourth-order valence-electron chi connectivity index (χ4n) is 2.69. The number of rotatable bonds is 4. The number of hydrazine groups is 1. The molecule has 0 saturated carbocycles. The SMILES string of the molecule is CC#CCCC(NN)C1CCCc2sccc21. The highest BCUT2D eigenvalue weighted by Gasteiger charge is 2.27. The molecule has 2 unspecified atom stereocenters. The Labute approximate surface area is 108 Å². The van der Waals surface area contributed by atoms with Crippen molar-refractivity contribution in [2.45, 2.75) is 51.0 Å². The normalized spacial score (nSPS) is 20.2. The molecule has 0 fully saturated rings.